The second-order valence-electron chi connectivity index (χ2n) is 8.45. The van der Waals surface area contributed by atoms with Crippen LogP contribution in [0.2, 0.25) is 0 Å². The molecule has 1 saturated heterocycles. The van der Waals surface area contributed by atoms with Gasteiger partial charge in [-0.1, -0.05) is 30.3 Å². The lowest BCUT2D eigenvalue weighted by atomic mass is 10.0. The number of fused-ring (bicyclic) bond motifs is 1. The Morgan fingerprint density at radius 1 is 1.06 bits per heavy atom. The van der Waals surface area contributed by atoms with Crippen molar-refractivity contribution in [2.24, 2.45) is 0 Å². The van der Waals surface area contributed by atoms with Crippen LogP contribution in [0.5, 0.6) is 0 Å². The van der Waals surface area contributed by atoms with Crippen molar-refractivity contribution in [1.82, 2.24) is 19.4 Å². The van der Waals surface area contributed by atoms with Crippen LogP contribution in [-0.4, -0.2) is 45.5 Å². The van der Waals surface area contributed by atoms with Crippen LogP contribution in [0, 0.1) is 0 Å². The van der Waals surface area contributed by atoms with Crippen molar-refractivity contribution in [1.29, 1.82) is 0 Å². The Balaban J connectivity index is 1.31. The molecular formula is C26H28N4O3. The van der Waals surface area contributed by atoms with Crippen molar-refractivity contribution < 1.29 is 13.9 Å². The number of pyridine rings is 1. The maximum absolute atomic E-state index is 12.9. The Bertz CT molecular complexity index is 1220. The number of aromatic nitrogens is 3. The van der Waals surface area contributed by atoms with Gasteiger partial charge in [0, 0.05) is 38.9 Å². The lowest BCUT2D eigenvalue weighted by Gasteiger charge is -2.33. The SMILES string of the molecule is COCc1ccc(C(=O)N2CCC(n3c(CCc4ccccc4)nc4cccnc43)CC2)o1. The number of imidazole rings is 1. The number of amides is 1. The number of piperidine rings is 1. The van der Waals surface area contributed by atoms with Crippen molar-refractivity contribution in [2.45, 2.75) is 38.3 Å². The number of benzene rings is 1. The van der Waals surface area contributed by atoms with Crippen LogP contribution < -0.4 is 0 Å². The molecule has 0 saturated carbocycles. The summed E-state index contributed by atoms with van der Waals surface area (Å²) in [4.78, 5) is 24.4. The van der Waals surface area contributed by atoms with Gasteiger partial charge in [0.15, 0.2) is 11.4 Å². The average molecular weight is 445 g/mol. The number of ether oxygens (including phenoxy) is 1. The third-order valence-corrected chi connectivity index (χ3v) is 6.28. The smallest absolute Gasteiger partial charge is 0.289 e. The van der Waals surface area contributed by atoms with Crippen LogP contribution in [0.4, 0.5) is 0 Å². The van der Waals surface area contributed by atoms with Crippen LogP contribution >= 0.6 is 0 Å². The number of nitrogens with zero attached hydrogens (tertiary/aromatic N) is 4. The van der Waals surface area contributed by atoms with Gasteiger partial charge in [-0.15, -0.1) is 0 Å². The normalized spacial score (nSPS) is 14.8. The highest BCUT2D eigenvalue weighted by Crippen LogP contribution is 2.29. The number of methoxy groups -OCH3 is 1. The molecule has 0 aliphatic carbocycles. The summed E-state index contributed by atoms with van der Waals surface area (Å²) in [5.74, 6) is 2.04. The number of hydrogen-bond donors (Lipinski definition) is 0. The minimum Gasteiger partial charge on any atom is -0.453 e. The van der Waals surface area contributed by atoms with E-state index in [4.69, 9.17) is 14.1 Å². The molecule has 33 heavy (non-hydrogen) atoms. The van der Waals surface area contributed by atoms with Crippen LogP contribution in [-0.2, 0) is 24.2 Å². The van der Waals surface area contributed by atoms with Gasteiger partial charge in [-0.3, -0.25) is 4.79 Å². The van der Waals surface area contributed by atoms with Gasteiger partial charge >= 0.3 is 0 Å². The standard InChI is InChI=1S/C26H28N4O3/c1-32-18-21-10-11-23(33-21)26(31)29-16-13-20(14-17-29)30-24(12-9-19-6-3-2-4-7-19)28-22-8-5-15-27-25(22)30/h2-8,10-11,15,20H,9,12-14,16-18H2,1H3. The monoisotopic (exact) mass is 444 g/mol. The van der Waals surface area contributed by atoms with Crippen LogP contribution in [0.1, 0.15) is 46.6 Å². The largest absolute Gasteiger partial charge is 0.453 e. The van der Waals surface area contributed by atoms with E-state index >= 15 is 0 Å². The maximum Gasteiger partial charge on any atom is 0.289 e. The summed E-state index contributed by atoms with van der Waals surface area (Å²) in [6.45, 7) is 1.71. The number of rotatable bonds is 7. The molecule has 0 spiro atoms. The molecule has 1 amide bonds. The molecule has 1 fully saturated rings. The topological polar surface area (TPSA) is 73.4 Å². The Labute approximate surface area is 193 Å². The summed E-state index contributed by atoms with van der Waals surface area (Å²) in [5.41, 5.74) is 3.16. The molecular weight excluding hydrogens is 416 g/mol. The predicted molar refractivity (Wildman–Crippen MR) is 125 cm³/mol. The minimum atomic E-state index is -0.0614. The Hall–Kier alpha value is -3.45. The molecule has 1 aromatic carbocycles. The minimum absolute atomic E-state index is 0.0614. The van der Waals surface area contributed by atoms with Crippen molar-refractivity contribution in [2.75, 3.05) is 20.2 Å². The van der Waals surface area contributed by atoms with E-state index in [0.29, 0.717) is 31.2 Å². The summed E-state index contributed by atoms with van der Waals surface area (Å²) in [6, 6.07) is 18.3. The molecule has 0 N–H and O–H groups in total. The van der Waals surface area contributed by atoms with Gasteiger partial charge in [-0.2, -0.15) is 0 Å². The molecule has 4 aromatic rings. The molecule has 0 unspecified atom stereocenters. The highest BCUT2D eigenvalue weighted by atomic mass is 16.5. The summed E-state index contributed by atoms with van der Waals surface area (Å²) in [5, 5.41) is 0. The molecule has 5 rings (SSSR count). The molecule has 1 aliphatic heterocycles. The van der Waals surface area contributed by atoms with E-state index in [1.807, 2.05) is 29.3 Å². The number of hydrogen-bond acceptors (Lipinski definition) is 5. The Morgan fingerprint density at radius 3 is 2.67 bits per heavy atom. The Kier molecular flexibility index (Phi) is 6.21. The third-order valence-electron chi connectivity index (χ3n) is 6.28. The first-order chi connectivity index (χ1) is 16.2. The summed E-state index contributed by atoms with van der Waals surface area (Å²) < 4.78 is 13.0. The number of carbonyl (C=O) groups excluding carboxylic acids is 1. The first-order valence-electron chi connectivity index (χ1n) is 11.5. The zero-order valence-electron chi connectivity index (χ0n) is 18.8. The molecule has 1 aliphatic rings. The van der Waals surface area contributed by atoms with Gasteiger partial charge in [0.2, 0.25) is 0 Å². The zero-order valence-corrected chi connectivity index (χ0v) is 18.8. The van der Waals surface area contributed by atoms with Gasteiger partial charge in [0.25, 0.3) is 5.91 Å². The molecule has 170 valence electrons. The fourth-order valence-electron chi connectivity index (χ4n) is 4.63. The fourth-order valence-corrected chi connectivity index (χ4v) is 4.63. The zero-order chi connectivity index (χ0) is 22.6. The third kappa shape index (κ3) is 4.54. The van der Waals surface area contributed by atoms with E-state index < -0.39 is 0 Å². The first kappa shape index (κ1) is 21.4. The molecule has 0 bridgehead atoms. The molecule has 3 aromatic heterocycles. The lowest BCUT2D eigenvalue weighted by Crippen LogP contribution is -2.39. The van der Waals surface area contributed by atoms with E-state index in [1.165, 1.54) is 5.56 Å². The van der Waals surface area contributed by atoms with Gasteiger partial charge in [-0.25, -0.2) is 9.97 Å². The number of furan rings is 1. The van der Waals surface area contributed by atoms with Gasteiger partial charge in [-0.05, 0) is 49.1 Å². The number of likely N-dealkylation sites (tertiary alicyclic amines) is 1. The lowest BCUT2D eigenvalue weighted by molar-refractivity contribution is 0.0655. The maximum atomic E-state index is 12.9. The van der Waals surface area contributed by atoms with E-state index in [1.54, 1.807) is 19.2 Å². The summed E-state index contributed by atoms with van der Waals surface area (Å²) in [7, 11) is 1.61. The van der Waals surface area contributed by atoms with Gasteiger partial charge in [0.05, 0.1) is 0 Å². The van der Waals surface area contributed by atoms with E-state index in [2.05, 4.69) is 33.8 Å². The summed E-state index contributed by atoms with van der Waals surface area (Å²) in [6.07, 6.45) is 5.34. The van der Waals surface area contributed by atoms with E-state index in [0.717, 1.165) is 42.7 Å². The van der Waals surface area contributed by atoms with E-state index in [-0.39, 0.29) is 11.9 Å². The molecule has 0 atom stereocenters. The second kappa shape index (κ2) is 9.58. The van der Waals surface area contributed by atoms with Crippen molar-refractivity contribution >= 4 is 17.1 Å². The van der Waals surface area contributed by atoms with Crippen LogP contribution in [0.25, 0.3) is 11.2 Å². The first-order valence-corrected chi connectivity index (χ1v) is 11.5. The van der Waals surface area contributed by atoms with Gasteiger partial charge in [0.1, 0.15) is 23.7 Å². The number of carbonyl (C=O) groups is 1. The van der Waals surface area contributed by atoms with Crippen LogP contribution in [0.3, 0.4) is 0 Å². The fraction of sp³-hybridized carbons (Fsp3) is 0.346. The predicted octanol–water partition coefficient (Wildman–Crippen LogP) is 4.43. The molecule has 0 radical (unpaired) electrons. The Morgan fingerprint density at radius 2 is 1.88 bits per heavy atom. The molecule has 7 heteroatoms. The molecule has 7 nitrogen and oxygen atoms in total. The highest BCUT2D eigenvalue weighted by Gasteiger charge is 2.28. The quantitative estimate of drug-likeness (QED) is 0.422. The van der Waals surface area contributed by atoms with Gasteiger partial charge < -0.3 is 18.6 Å². The van der Waals surface area contributed by atoms with E-state index in [9.17, 15) is 4.79 Å². The highest BCUT2D eigenvalue weighted by molar-refractivity contribution is 5.91. The number of aryl methyl sites for hydroxylation is 2. The summed E-state index contributed by atoms with van der Waals surface area (Å²) >= 11 is 0. The molecule has 4 heterocycles. The van der Waals surface area contributed by atoms with Crippen molar-refractivity contribution in [3.8, 4) is 0 Å². The van der Waals surface area contributed by atoms with Crippen molar-refractivity contribution in [3.05, 3.63) is 83.7 Å². The average Bonchev–Trinajstić information content (AvgIpc) is 3.48. The van der Waals surface area contributed by atoms with Crippen molar-refractivity contribution in [3.63, 3.8) is 0 Å². The second-order valence-corrected chi connectivity index (χ2v) is 8.45. The van der Waals surface area contributed by atoms with Crippen LogP contribution in [0.15, 0.2) is 65.2 Å².